The van der Waals surface area contributed by atoms with E-state index in [1.54, 1.807) is 19.6 Å². The first-order valence-electron chi connectivity index (χ1n) is 5.69. The maximum atomic E-state index is 11.7. The van der Waals surface area contributed by atoms with E-state index in [0.29, 0.717) is 32.0 Å². The van der Waals surface area contributed by atoms with E-state index in [9.17, 15) is 4.79 Å². The van der Waals surface area contributed by atoms with Crippen LogP contribution in [0.25, 0.3) is 0 Å². The number of methoxy groups -OCH3 is 2. The van der Waals surface area contributed by atoms with E-state index in [-0.39, 0.29) is 5.91 Å². The Balaban J connectivity index is 2.19. The highest BCUT2D eigenvalue weighted by atomic mass is 32.1. The van der Waals surface area contributed by atoms with Crippen LogP contribution in [0.15, 0.2) is 5.38 Å². The summed E-state index contributed by atoms with van der Waals surface area (Å²) in [7, 11) is 3.26. The lowest BCUT2D eigenvalue weighted by Gasteiger charge is -2.04. The lowest BCUT2D eigenvalue weighted by atomic mass is 10.4. The van der Waals surface area contributed by atoms with Crippen LogP contribution >= 0.6 is 11.3 Å². The average Bonchev–Trinajstić information content (AvgIpc) is 2.82. The fourth-order valence-corrected chi connectivity index (χ4v) is 2.00. The number of carbonyl (C=O) groups excluding carboxylic acids is 1. The molecule has 0 aliphatic carbocycles. The van der Waals surface area contributed by atoms with Crippen LogP contribution in [0, 0.1) is 0 Å². The summed E-state index contributed by atoms with van der Waals surface area (Å²) in [5, 5.41) is 8.48. The first kappa shape index (κ1) is 15.0. The lowest BCUT2D eigenvalue weighted by Crippen LogP contribution is -2.33. The van der Waals surface area contributed by atoms with Crippen LogP contribution in [0.5, 0.6) is 0 Å². The molecule has 0 unspecified atom stereocenters. The molecule has 6 nitrogen and oxygen atoms in total. The Labute approximate surface area is 111 Å². The molecular formula is C11H19N3O3S. The normalized spacial score (nSPS) is 10.6. The van der Waals surface area contributed by atoms with Crippen molar-refractivity contribution in [3.63, 3.8) is 0 Å². The molecule has 0 aliphatic heterocycles. The van der Waals surface area contributed by atoms with E-state index in [1.165, 1.54) is 11.3 Å². The van der Waals surface area contributed by atoms with Crippen molar-refractivity contribution in [1.82, 2.24) is 15.6 Å². The fraction of sp³-hybridized carbons (Fsp3) is 0.636. The molecule has 1 rings (SSSR count). The van der Waals surface area contributed by atoms with Gasteiger partial charge < -0.3 is 20.1 Å². The molecule has 0 atom stereocenters. The van der Waals surface area contributed by atoms with Crippen LogP contribution in [-0.4, -0.2) is 51.4 Å². The molecule has 18 heavy (non-hydrogen) atoms. The second kappa shape index (κ2) is 8.98. The summed E-state index contributed by atoms with van der Waals surface area (Å²) < 4.78 is 9.85. The van der Waals surface area contributed by atoms with Crippen LogP contribution < -0.4 is 10.6 Å². The standard InChI is InChI=1S/C11H19N3O3S/c1-16-6-5-12-3-4-13-11(15)9-8-18-10(14-9)7-17-2/h8,12H,3-7H2,1-2H3,(H,13,15). The summed E-state index contributed by atoms with van der Waals surface area (Å²) in [6.45, 7) is 3.17. The number of nitrogens with zero attached hydrogens (tertiary/aromatic N) is 1. The Kier molecular flexibility index (Phi) is 7.51. The van der Waals surface area contributed by atoms with Crippen LogP contribution in [0.2, 0.25) is 0 Å². The molecule has 0 radical (unpaired) electrons. The Morgan fingerprint density at radius 2 is 2.17 bits per heavy atom. The summed E-state index contributed by atoms with van der Waals surface area (Å²) in [6, 6.07) is 0. The van der Waals surface area contributed by atoms with Gasteiger partial charge in [-0.3, -0.25) is 4.79 Å². The van der Waals surface area contributed by atoms with Gasteiger partial charge in [-0.1, -0.05) is 0 Å². The van der Waals surface area contributed by atoms with Gasteiger partial charge in [0.05, 0.1) is 13.2 Å². The predicted octanol–water partition coefficient (Wildman–Crippen LogP) is 0.255. The van der Waals surface area contributed by atoms with E-state index < -0.39 is 0 Å². The van der Waals surface area contributed by atoms with Gasteiger partial charge in [-0.25, -0.2) is 4.98 Å². The molecule has 0 aliphatic rings. The van der Waals surface area contributed by atoms with Gasteiger partial charge in [-0.2, -0.15) is 0 Å². The van der Waals surface area contributed by atoms with Gasteiger partial charge in [-0.15, -0.1) is 11.3 Å². The van der Waals surface area contributed by atoms with Gasteiger partial charge >= 0.3 is 0 Å². The summed E-state index contributed by atoms with van der Waals surface area (Å²) >= 11 is 1.42. The number of rotatable bonds is 9. The minimum Gasteiger partial charge on any atom is -0.383 e. The molecule has 0 saturated carbocycles. The van der Waals surface area contributed by atoms with E-state index in [4.69, 9.17) is 9.47 Å². The third-order valence-corrected chi connectivity index (χ3v) is 2.94. The third kappa shape index (κ3) is 5.54. The van der Waals surface area contributed by atoms with Gasteiger partial charge in [0, 0.05) is 39.2 Å². The number of thiazole rings is 1. The smallest absolute Gasteiger partial charge is 0.270 e. The Hall–Kier alpha value is -1.02. The number of nitrogens with one attached hydrogen (secondary N) is 2. The number of aromatic nitrogens is 1. The summed E-state index contributed by atoms with van der Waals surface area (Å²) in [5.74, 6) is -0.151. The minimum absolute atomic E-state index is 0.151. The Bertz CT molecular complexity index is 357. The minimum atomic E-state index is -0.151. The van der Waals surface area contributed by atoms with Crippen LogP contribution in [0.3, 0.4) is 0 Å². The zero-order chi connectivity index (χ0) is 13.2. The topological polar surface area (TPSA) is 72.5 Å². The van der Waals surface area contributed by atoms with Gasteiger partial charge in [0.1, 0.15) is 10.7 Å². The molecule has 102 valence electrons. The summed E-state index contributed by atoms with van der Waals surface area (Å²) in [4.78, 5) is 15.9. The highest BCUT2D eigenvalue weighted by Crippen LogP contribution is 2.10. The number of ether oxygens (including phenoxy) is 2. The molecular weight excluding hydrogens is 254 g/mol. The first-order chi connectivity index (χ1) is 8.77. The van der Waals surface area contributed by atoms with Crippen LogP contribution in [-0.2, 0) is 16.1 Å². The van der Waals surface area contributed by atoms with Crippen molar-refractivity contribution >= 4 is 17.2 Å². The van der Waals surface area contributed by atoms with Crippen molar-refractivity contribution in [3.8, 4) is 0 Å². The number of carbonyl (C=O) groups is 1. The molecule has 0 spiro atoms. The molecule has 7 heteroatoms. The average molecular weight is 273 g/mol. The zero-order valence-corrected chi connectivity index (χ0v) is 11.5. The molecule has 0 bridgehead atoms. The van der Waals surface area contributed by atoms with Crippen molar-refractivity contribution in [2.75, 3.05) is 40.5 Å². The van der Waals surface area contributed by atoms with Gasteiger partial charge in [-0.05, 0) is 0 Å². The van der Waals surface area contributed by atoms with E-state index in [1.807, 2.05) is 0 Å². The van der Waals surface area contributed by atoms with Crippen molar-refractivity contribution in [2.45, 2.75) is 6.61 Å². The molecule has 2 N–H and O–H groups in total. The molecule has 0 saturated heterocycles. The largest absolute Gasteiger partial charge is 0.383 e. The number of hydrogen-bond acceptors (Lipinski definition) is 6. The lowest BCUT2D eigenvalue weighted by molar-refractivity contribution is 0.0948. The van der Waals surface area contributed by atoms with Crippen molar-refractivity contribution in [2.24, 2.45) is 0 Å². The monoisotopic (exact) mass is 273 g/mol. The molecule has 1 amide bonds. The Morgan fingerprint density at radius 3 is 2.89 bits per heavy atom. The highest BCUT2D eigenvalue weighted by molar-refractivity contribution is 7.09. The number of hydrogen-bond donors (Lipinski definition) is 2. The summed E-state index contributed by atoms with van der Waals surface area (Å²) in [6.07, 6.45) is 0. The van der Waals surface area contributed by atoms with Crippen molar-refractivity contribution in [1.29, 1.82) is 0 Å². The molecule has 0 fully saturated rings. The SMILES string of the molecule is COCCNCCNC(=O)c1csc(COC)n1. The van der Waals surface area contributed by atoms with Crippen LogP contribution in [0.4, 0.5) is 0 Å². The van der Waals surface area contributed by atoms with E-state index in [0.717, 1.165) is 11.6 Å². The van der Waals surface area contributed by atoms with Gasteiger partial charge in [0.2, 0.25) is 0 Å². The van der Waals surface area contributed by atoms with Crippen molar-refractivity contribution < 1.29 is 14.3 Å². The number of amides is 1. The highest BCUT2D eigenvalue weighted by Gasteiger charge is 2.09. The molecule has 1 aromatic heterocycles. The van der Waals surface area contributed by atoms with E-state index >= 15 is 0 Å². The molecule has 1 aromatic rings. The van der Waals surface area contributed by atoms with Crippen molar-refractivity contribution in [3.05, 3.63) is 16.1 Å². The maximum Gasteiger partial charge on any atom is 0.270 e. The fourth-order valence-electron chi connectivity index (χ4n) is 1.26. The second-order valence-electron chi connectivity index (χ2n) is 3.56. The second-order valence-corrected chi connectivity index (χ2v) is 4.50. The zero-order valence-electron chi connectivity index (χ0n) is 10.7. The summed E-state index contributed by atoms with van der Waals surface area (Å²) in [5.41, 5.74) is 0.448. The Morgan fingerprint density at radius 1 is 1.33 bits per heavy atom. The maximum absolute atomic E-state index is 11.7. The van der Waals surface area contributed by atoms with Crippen LogP contribution in [0.1, 0.15) is 15.5 Å². The molecule has 0 aromatic carbocycles. The predicted molar refractivity (Wildman–Crippen MR) is 69.9 cm³/mol. The van der Waals surface area contributed by atoms with Gasteiger partial charge in [0.25, 0.3) is 5.91 Å². The first-order valence-corrected chi connectivity index (χ1v) is 6.57. The van der Waals surface area contributed by atoms with E-state index in [2.05, 4.69) is 15.6 Å². The quantitative estimate of drug-likeness (QED) is 0.631. The van der Waals surface area contributed by atoms with Gasteiger partial charge in [0.15, 0.2) is 0 Å². The molecule has 1 heterocycles. The third-order valence-electron chi connectivity index (χ3n) is 2.12.